The van der Waals surface area contributed by atoms with Crippen LogP contribution in [-0.2, 0) is 0 Å². The first kappa shape index (κ1) is 11.4. The monoisotopic (exact) mass is 280 g/mol. The molecule has 20 heavy (non-hydrogen) atoms. The number of anilines is 1. The smallest absolute Gasteiger partial charge is 0.180 e. The van der Waals surface area contributed by atoms with Crippen molar-refractivity contribution in [1.82, 2.24) is 14.4 Å². The Morgan fingerprint density at radius 1 is 1.20 bits per heavy atom. The topological polar surface area (TPSA) is 42.2 Å². The first-order valence-electron chi connectivity index (χ1n) is 6.35. The third-order valence-electron chi connectivity index (χ3n) is 3.42. The van der Waals surface area contributed by atoms with Gasteiger partial charge in [0, 0.05) is 40.5 Å². The Labute approximate surface area is 119 Å². The van der Waals surface area contributed by atoms with Crippen molar-refractivity contribution in [1.29, 1.82) is 0 Å². The van der Waals surface area contributed by atoms with E-state index < -0.39 is 0 Å². The van der Waals surface area contributed by atoms with Gasteiger partial charge in [0.05, 0.1) is 11.9 Å². The molecule has 0 spiro atoms. The molecule has 0 unspecified atom stereocenters. The number of nitrogens with zero attached hydrogens (tertiary/aromatic N) is 3. The minimum atomic E-state index is 0.790. The fourth-order valence-electron chi connectivity index (χ4n) is 2.47. The number of rotatable bonds is 2. The molecule has 4 rings (SSSR count). The lowest BCUT2D eigenvalue weighted by Crippen LogP contribution is -1.97. The van der Waals surface area contributed by atoms with Crippen LogP contribution in [0.5, 0.6) is 0 Å². The fraction of sp³-hybridized carbons (Fsp3) is 0.0667. The molecule has 98 valence electrons. The number of fused-ring (bicyclic) bond motifs is 2. The van der Waals surface area contributed by atoms with Gasteiger partial charge in [0.1, 0.15) is 0 Å². The van der Waals surface area contributed by atoms with Crippen LogP contribution in [0.3, 0.4) is 0 Å². The van der Waals surface area contributed by atoms with E-state index in [1.165, 1.54) is 15.6 Å². The lowest BCUT2D eigenvalue weighted by atomic mass is 10.1. The van der Waals surface area contributed by atoms with Gasteiger partial charge in [-0.05, 0) is 6.07 Å². The van der Waals surface area contributed by atoms with Crippen LogP contribution in [0.2, 0.25) is 0 Å². The summed E-state index contributed by atoms with van der Waals surface area (Å²) in [5.74, 6) is 0.790. The van der Waals surface area contributed by atoms with E-state index in [1.807, 2.05) is 19.4 Å². The van der Waals surface area contributed by atoms with E-state index in [0.717, 1.165) is 17.2 Å². The molecular weight excluding hydrogens is 268 g/mol. The Morgan fingerprint density at radius 2 is 2.10 bits per heavy atom. The highest BCUT2D eigenvalue weighted by Gasteiger charge is 2.12. The van der Waals surface area contributed by atoms with Crippen molar-refractivity contribution in [3.8, 4) is 11.3 Å². The molecule has 4 aromatic rings. The van der Waals surface area contributed by atoms with Crippen molar-refractivity contribution in [2.75, 3.05) is 12.4 Å². The molecule has 0 amide bonds. The average Bonchev–Trinajstić information content (AvgIpc) is 3.10. The van der Waals surface area contributed by atoms with Gasteiger partial charge in [-0.3, -0.25) is 4.40 Å². The molecule has 0 aliphatic rings. The van der Waals surface area contributed by atoms with Gasteiger partial charge in [-0.1, -0.05) is 18.2 Å². The van der Waals surface area contributed by atoms with Crippen molar-refractivity contribution in [2.24, 2.45) is 0 Å². The standard InChI is InChI=1S/C15H12N4S/c1-16-14-15-18-8-12(19(15)7-6-17-14)11-9-20-13-5-3-2-4-10(11)13/h2-9H,1H3,(H,16,17). The number of benzene rings is 1. The van der Waals surface area contributed by atoms with Gasteiger partial charge in [-0.2, -0.15) is 0 Å². The zero-order valence-electron chi connectivity index (χ0n) is 10.9. The van der Waals surface area contributed by atoms with E-state index >= 15 is 0 Å². The number of aromatic nitrogens is 3. The van der Waals surface area contributed by atoms with Gasteiger partial charge in [-0.15, -0.1) is 11.3 Å². The van der Waals surface area contributed by atoms with Crippen LogP contribution >= 0.6 is 11.3 Å². The van der Waals surface area contributed by atoms with E-state index in [1.54, 1.807) is 17.5 Å². The molecule has 0 saturated heterocycles. The molecule has 3 aromatic heterocycles. The van der Waals surface area contributed by atoms with Gasteiger partial charge in [0.25, 0.3) is 0 Å². The highest BCUT2D eigenvalue weighted by Crippen LogP contribution is 2.34. The molecular formula is C15H12N4S. The van der Waals surface area contributed by atoms with E-state index in [2.05, 4.69) is 49.3 Å². The van der Waals surface area contributed by atoms with Crippen LogP contribution in [0.15, 0.2) is 48.2 Å². The third kappa shape index (κ3) is 1.53. The molecule has 5 heteroatoms. The average molecular weight is 280 g/mol. The van der Waals surface area contributed by atoms with Gasteiger partial charge in [0.2, 0.25) is 0 Å². The fourth-order valence-corrected chi connectivity index (χ4v) is 3.43. The number of imidazole rings is 1. The van der Waals surface area contributed by atoms with Gasteiger partial charge >= 0.3 is 0 Å². The predicted molar refractivity (Wildman–Crippen MR) is 83.4 cm³/mol. The molecule has 4 nitrogen and oxygen atoms in total. The maximum atomic E-state index is 4.49. The van der Waals surface area contributed by atoms with E-state index in [9.17, 15) is 0 Å². The van der Waals surface area contributed by atoms with E-state index in [-0.39, 0.29) is 0 Å². The number of nitrogens with one attached hydrogen (secondary N) is 1. The highest BCUT2D eigenvalue weighted by atomic mass is 32.1. The third-order valence-corrected chi connectivity index (χ3v) is 4.39. The number of hydrogen-bond donors (Lipinski definition) is 1. The van der Waals surface area contributed by atoms with Gasteiger partial charge in [-0.25, -0.2) is 9.97 Å². The quantitative estimate of drug-likeness (QED) is 0.609. The molecule has 0 fully saturated rings. The largest absolute Gasteiger partial charge is 0.370 e. The summed E-state index contributed by atoms with van der Waals surface area (Å²) in [6.45, 7) is 0. The predicted octanol–water partition coefficient (Wildman–Crippen LogP) is 3.65. The van der Waals surface area contributed by atoms with Crippen molar-refractivity contribution in [2.45, 2.75) is 0 Å². The van der Waals surface area contributed by atoms with E-state index in [4.69, 9.17) is 0 Å². The summed E-state index contributed by atoms with van der Waals surface area (Å²) < 4.78 is 3.37. The summed E-state index contributed by atoms with van der Waals surface area (Å²) in [5.41, 5.74) is 3.16. The minimum absolute atomic E-state index is 0.790. The molecule has 0 atom stereocenters. The summed E-state index contributed by atoms with van der Waals surface area (Å²) in [7, 11) is 1.86. The van der Waals surface area contributed by atoms with E-state index in [0.29, 0.717) is 0 Å². The lowest BCUT2D eigenvalue weighted by molar-refractivity contribution is 1.13. The summed E-state index contributed by atoms with van der Waals surface area (Å²) in [5, 5.41) is 6.53. The van der Waals surface area contributed by atoms with Crippen LogP contribution < -0.4 is 5.32 Å². The molecule has 3 heterocycles. The first-order chi connectivity index (χ1) is 9.88. The van der Waals surface area contributed by atoms with Crippen LogP contribution in [0.1, 0.15) is 0 Å². The second-order valence-corrected chi connectivity index (χ2v) is 5.42. The Kier molecular flexibility index (Phi) is 2.47. The maximum Gasteiger partial charge on any atom is 0.180 e. The van der Waals surface area contributed by atoms with Crippen LogP contribution in [0.4, 0.5) is 5.82 Å². The minimum Gasteiger partial charge on any atom is -0.370 e. The summed E-state index contributed by atoms with van der Waals surface area (Å²) in [6.07, 6.45) is 5.65. The van der Waals surface area contributed by atoms with Crippen molar-refractivity contribution >= 4 is 32.9 Å². The molecule has 0 bridgehead atoms. The van der Waals surface area contributed by atoms with Crippen LogP contribution in [0.25, 0.3) is 27.0 Å². The Balaban J connectivity index is 2.03. The normalized spacial score (nSPS) is 11.2. The second-order valence-electron chi connectivity index (χ2n) is 4.51. The Morgan fingerprint density at radius 3 is 3.00 bits per heavy atom. The molecule has 0 aliphatic heterocycles. The second kappa shape index (κ2) is 4.31. The van der Waals surface area contributed by atoms with Crippen molar-refractivity contribution in [3.05, 3.63) is 48.2 Å². The number of hydrogen-bond acceptors (Lipinski definition) is 4. The zero-order valence-corrected chi connectivity index (χ0v) is 11.7. The summed E-state index contributed by atoms with van der Waals surface area (Å²) >= 11 is 1.76. The molecule has 1 aromatic carbocycles. The zero-order chi connectivity index (χ0) is 13.5. The molecule has 0 saturated carbocycles. The number of thiophene rings is 1. The van der Waals surface area contributed by atoms with Gasteiger partial charge < -0.3 is 5.32 Å². The highest BCUT2D eigenvalue weighted by molar-refractivity contribution is 7.17. The molecule has 0 aliphatic carbocycles. The Hall–Kier alpha value is -2.40. The van der Waals surface area contributed by atoms with Crippen LogP contribution in [0, 0.1) is 0 Å². The van der Waals surface area contributed by atoms with Gasteiger partial charge in [0.15, 0.2) is 11.5 Å². The van der Waals surface area contributed by atoms with Crippen LogP contribution in [-0.4, -0.2) is 21.4 Å². The lowest BCUT2D eigenvalue weighted by Gasteiger charge is -2.03. The van der Waals surface area contributed by atoms with Crippen molar-refractivity contribution in [3.63, 3.8) is 0 Å². The Bertz CT molecular complexity index is 906. The molecule has 0 radical (unpaired) electrons. The SMILES string of the molecule is CNc1nccn2c(-c3csc4ccccc34)cnc12. The van der Waals surface area contributed by atoms with Crippen molar-refractivity contribution < 1.29 is 0 Å². The summed E-state index contributed by atoms with van der Waals surface area (Å²) in [6, 6.07) is 8.44. The first-order valence-corrected chi connectivity index (χ1v) is 7.23. The molecule has 1 N–H and O–H groups in total. The summed E-state index contributed by atoms with van der Waals surface area (Å²) in [4.78, 5) is 8.79. The maximum absolute atomic E-state index is 4.49.